The molecule has 1 fully saturated rings. The first-order chi connectivity index (χ1) is 9.93. The normalized spacial score (nSPS) is 20.0. The van der Waals surface area contributed by atoms with Crippen molar-refractivity contribution in [3.63, 3.8) is 0 Å². The number of amides is 2. The monoisotopic (exact) mass is 296 g/mol. The summed E-state index contributed by atoms with van der Waals surface area (Å²) >= 11 is 0. The van der Waals surface area contributed by atoms with Gasteiger partial charge in [-0.15, -0.1) is 0 Å². The molecule has 0 bridgehead atoms. The number of hydrogen-bond acceptors (Lipinski definition) is 2. The van der Waals surface area contributed by atoms with Gasteiger partial charge in [0.25, 0.3) is 0 Å². The first-order valence-corrected chi connectivity index (χ1v) is 6.96. The predicted molar refractivity (Wildman–Crippen MR) is 74.5 cm³/mol. The Hall–Kier alpha value is -1.98. The third kappa shape index (κ3) is 3.56. The van der Waals surface area contributed by atoms with Gasteiger partial charge in [-0.05, 0) is 31.4 Å². The van der Waals surface area contributed by atoms with Gasteiger partial charge < -0.3 is 10.2 Å². The molecule has 1 aliphatic carbocycles. The number of rotatable bonds is 5. The molecule has 1 aliphatic rings. The summed E-state index contributed by atoms with van der Waals surface area (Å²) in [6, 6.07) is 3.34. The minimum Gasteiger partial charge on any atom is -0.333 e. The van der Waals surface area contributed by atoms with E-state index in [1.54, 1.807) is 6.92 Å². The number of anilines is 1. The third-order valence-corrected chi connectivity index (χ3v) is 3.68. The topological polar surface area (TPSA) is 49.4 Å². The highest BCUT2D eigenvalue weighted by atomic mass is 19.1. The number of halogens is 2. The van der Waals surface area contributed by atoms with E-state index in [2.05, 4.69) is 5.32 Å². The van der Waals surface area contributed by atoms with Crippen molar-refractivity contribution in [1.29, 1.82) is 0 Å². The van der Waals surface area contributed by atoms with Crippen LogP contribution in [0.1, 0.15) is 20.3 Å². The molecule has 0 aliphatic heterocycles. The van der Waals surface area contributed by atoms with Crippen molar-refractivity contribution in [3.05, 3.63) is 29.8 Å². The van der Waals surface area contributed by atoms with E-state index in [1.807, 2.05) is 6.92 Å². The second kappa shape index (κ2) is 6.20. The Morgan fingerprint density at radius 3 is 2.38 bits per heavy atom. The highest BCUT2D eigenvalue weighted by Crippen LogP contribution is 2.39. The molecule has 1 N–H and O–H groups in total. The molecule has 2 rings (SSSR count). The van der Waals surface area contributed by atoms with Crippen molar-refractivity contribution in [3.8, 4) is 0 Å². The Labute approximate surface area is 122 Å². The molecule has 0 aromatic heterocycles. The lowest BCUT2D eigenvalue weighted by molar-refractivity contribution is -0.135. The summed E-state index contributed by atoms with van der Waals surface area (Å²) in [4.78, 5) is 25.3. The number of nitrogens with one attached hydrogen (secondary N) is 1. The van der Waals surface area contributed by atoms with Crippen molar-refractivity contribution < 1.29 is 18.4 Å². The number of hydrogen-bond donors (Lipinski definition) is 1. The Morgan fingerprint density at radius 2 is 1.90 bits per heavy atom. The van der Waals surface area contributed by atoms with Gasteiger partial charge in [0, 0.05) is 12.5 Å². The predicted octanol–water partition coefficient (Wildman–Crippen LogP) is 2.41. The average molecular weight is 296 g/mol. The number of para-hydroxylation sites is 1. The van der Waals surface area contributed by atoms with E-state index in [0.717, 1.165) is 18.6 Å². The molecular weight excluding hydrogens is 278 g/mol. The average Bonchev–Trinajstić information content (AvgIpc) is 3.17. The van der Waals surface area contributed by atoms with Gasteiger partial charge in [0.1, 0.15) is 17.3 Å². The van der Waals surface area contributed by atoms with Crippen LogP contribution in [0.3, 0.4) is 0 Å². The van der Waals surface area contributed by atoms with Crippen LogP contribution < -0.4 is 5.32 Å². The number of carbonyl (C=O) groups is 2. The van der Waals surface area contributed by atoms with Crippen molar-refractivity contribution in [2.75, 3.05) is 18.4 Å². The highest BCUT2D eigenvalue weighted by Gasteiger charge is 2.41. The second-order valence-corrected chi connectivity index (χ2v) is 5.32. The molecule has 1 aromatic carbocycles. The minimum absolute atomic E-state index is 0.0250. The highest BCUT2D eigenvalue weighted by molar-refractivity contribution is 5.95. The molecule has 2 amide bonds. The van der Waals surface area contributed by atoms with Gasteiger partial charge in [0.2, 0.25) is 11.8 Å². The fourth-order valence-electron chi connectivity index (χ4n) is 2.22. The maximum atomic E-state index is 13.4. The molecule has 0 heterocycles. The van der Waals surface area contributed by atoms with E-state index in [9.17, 15) is 18.4 Å². The number of carbonyl (C=O) groups excluding carboxylic acids is 2. The smallest absolute Gasteiger partial charge is 0.244 e. The Kier molecular flexibility index (Phi) is 4.55. The van der Waals surface area contributed by atoms with E-state index in [4.69, 9.17) is 0 Å². The molecule has 1 aromatic rings. The number of likely N-dealkylation sites (N-methyl/N-ethyl adjacent to an activating group) is 1. The van der Waals surface area contributed by atoms with Crippen LogP contribution in [-0.4, -0.2) is 29.8 Å². The summed E-state index contributed by atoms with van der Waals surface area (Å²) in [5.74, 6) is -2.04. The van der Waals surface area contributed by atoms with E-state index in [1.165, 1.54) is 11.0 Å². The molecule has 114 valence electrons. The first-order valence-electron chi connectivity index (χ1n) is 6.96. The zero-order valence-electron chi connectivity index (χ0n) is 12.0. The summed E-state index contributed by atoms with van der Waals surface area (Å²) in [7, 11) is 0. The maximum Gasteiger partial charge on any atom is 0.244 e. The quantitative estimate of drug-likeness (QED) is 0.907. The lowest BCUT2D eigenvalue weighted by Crippen LogP contribution is -2.39. The van der Waals surface area contributed by atoms with Crippen LogP contribution in [0.15, 0.2) is 18.2 Å². The summed E-state index contributed by atoms with van der Waals surface area (Å²) < 4.78 is 26.9. The van der Waals surface area contributed by atoms with E-state index >= 15 is 0 Å². The van der Waals surface area contributed by atoms with E-state index in [-0.39, 0.29) is 18.4 Å². The summed E-state index contributed by atoms with van der Waals surface area (Å²) in [5, 5.41) is 2.19. The Morgan fingerprint density at radius 1 is 1.33 bits per heavy atom. The van der Waals surface area contributed by atoms with Crippen molar-refractivity contribution in [2.45, 2.75) is 20.3 Å². The lowest BCUT2D eigenvalue weighted by atomic mass is 10.2. The minimum atomic E-state index is -0.839. The molecule has 1 saturated carbocycles. The zero-order valence-corrected chi connectivity index (χ0v) is 12.0. The van der Waals surface area contributed by atoms with Gasteiger partial charge in [-0.1, -0.05) is 13.0 Å². The van der Waals surface area contributed by atoms with Gasteiger partial charge >= 0.3 is 0 Å². The van der Waals surface area contributed by atoms with Crippen molar-refractivity contribution >= 4 is 17.5 Å². The molecule has 2 atom stereocenters. The molecule has 0 unspecified atom stereocenters. The van der Waals surface area contributed by atoms with Crippen LogP contribution in [-0.2, 0) is 9.59 Å². The van der Waals surface area contributed by atoms with Gasteiger partial charge in [-0.2, -0.15) is 0 Å². The van der Waals surface area contributed by atoms with Crippen LogP contribution in [0.2, 0.25) is 0 Å². The van der Waals surface area contributed by atoms with Crippen LogP contribution in [0.5, 0.6) is 0 Å². The summed E-state index contributed by atoms with van der Waals surface area (Å²) in [6.45, 7) is 3.93. The van der Waals surface area contributed by atoms with Gasteiger partial charge in [0.15, 0.2) is 0 Å². The lowest BCUT2D eigenvalue weighted by Gasteiger charge is -2.20. The summed E-state index contributed by atoms with van der Waals surface area (Å²) in [5.41, 5.74) is -0.481. The molecule has 0 saturated heterocycles. The fraction of sp³-hybridized carbons (Fsp3) is 0.467. The molecule has 21 heavy (non-hydrogen) atoms. The van der Waals surface area contributed by atoms with E-state index in [0.29, 0.717) is 12.5 Å². The molecule has 0 radical (unpaired) electrons. The number of nitrogens with zero attached hydrogens (tertiary/aromatic N) is 1. The summed E-state index contributed by atoms with van der Waals surface area (Å²) in [6.07, 6.45) is 0.832. The van der Waals surface area contributed by atoms with Crippen LogP contribution in [0, 0.1) is 23.5 Å². The Balaban J connectivity index is 1.98. The van der Waals surface area contributed by atoms with Gasteiger partial charge in [0.05, 0.1) is 6.54 Å². The molecule has 6 heteroatoms. The second-order valence-electron chi connectivity index (χ2n) is 5.32. The standard InChI is InChI=1S/C15H18F2N2O2/c1-3-19(15(21)10-7-9(10)2)8-13(20)18-14-11(16)5-4-6-12(14)17/h4-6,9-10H,3,7-8H2,1-2H3,(H,18,20)/t9-,10-/m0/s1. The van der Waals surface area contributed by atoms with Crippen LogP contribution >= 0.6 is 0 Å². The first kappa shape index (κ1) is 15.4. The van der Waals surface area contributed by atoms with E-state index < -0.39 is 23.2 Å². The molecule has 4 nitrogen and oxygen atoms in total. The molecule has 0 spiro atoms. The van der Waals surface area contributed by atoms with Gasteiger partial charge in [-0.25, -0.2) is 8.78 Å². The van der Waals surface area contributed by atoms with Gasteiger partial charge in [-0.3, -0.25) is 9.59 Å². The van der Waals surface area contributed by atoms with Crippen molar-refractivity contribution in [1.82, 2.24) is 4.90 Å². The third-order valence-electron chi connectivity index (χ3n) is 3.68. The zero-order chi connectivity index (χ0) is 15.6. The maximum absolute atomic E-state index is 13.4. The van der Waals surface area contributed by atoms with Crippen molar-refractivity contribution in [2.24, 2.45) is 11.8 Å². The molecular formula is C15H18F2N2O2. The SMILES string of the molecule is CCN(CC(=O)Nc1c(F)cccc1F)C(=O)[C@H]1C[C@@H]1C. The Bertz CT molecular complexity index is 542. The number of benzene rings is 1. The largest absolute Gasteiger partial charge is 0.333 e. The van der Waals surface area contributed by atoms with Crippen LogP contribution in [0.4, 0.5) is 14.5 Å². The van der Waals surface area contributed by atoms with Crippen LogP contribution in [0.25, 0.3) is 0 Å². The fourth-order valence-corrected chi connectivity index (χ4v) is 2.22.